The van der Waals surface area contributed by atoms with Gasteiger partial charge in [-0.1, -0.05) is 11.6 Å². The maximum Gasteiger partial charge on any atom is 0.152 e. The molecule has 1 rings (SSSR count). The Bertz CT molecular complexity index is 328. The van der Waals surface area contributed by atoms with Crippen LogP contribution in [-0.4, -0.2) is 49.1 Å². The Kier molecular flexibility index (Phi) is 4.11. The van der Waals surface area contributed by atoms with Gasteiger partial charge in [-0.25, -0.2) is 9.97 Å². The van der Waals surface area contributed by atoms with E-state index >= 15 is 0 Å². The summed E-state index contributed by atoms with van der Waals surface area (Å²) in [5, 5.41) is 0.416. The van der Waals surface area contributed by atoms with Crippen LogP contribution in [0.5, 0.6) is 0 Å². The van der Waals surface area contributed by atoms with Gasteiger partial charge >= 0.3 is 0 Å². The van der Waals surface area contributed by atoms with Crippen LogP contribution in [0.4, 0.5) is 11.6 Å². The SMILES string of the molecule is CN(C)CCN(C)c1ncnc(N)c1Cl. The molecule has 5 nitrogen and oxygen atoms in total. The highest BCUT2D eigenvalue weighted by Gasteiger charge is 2.10. The number of anilines is 2. The van der Waals surface area contributed by atoms with Crippen molar-refractivity contribution in [2.75, 3.05) is 44.9 Å². The quantitative estimate of drug-likeness (QED) is 0.824. The second kappa shape index (κ2) is 5.14. The Morgan fingerprint density at radius 2 is 1.93 bits per heavy atom. The minimum atomic E-state index is 0.318. The molecule has 0 aliphatic rings. The first-order valence-electron chi connectivity index (χ1n) is 4.64. The van der Waals surface area contributed by atoms with Crippen molar-refractivity contribution in [2.24, 2.45) is 0 Å². The number of nitrogens with two attached hydrogens (primary N) is 1. The van der Waals surface area contributed by atoms with E-state index in [-0.39, 0.29) is 0 Å². The average Bonchev–Trinajstić information content (AvgIpc) is 2.18. The van der Waals surface area contributed by atoms with Crippen LogP contribution < -0.4 is 10.6 Å². The van der Waals surface area contributed by atoms with Crippen LogP contribution in [0.1, 0.15) is 0 Å². The smallest absolute Gasteiger partial charge is 0.152 e. The highest BCUT2D eigenvalue weighted by molar-refractivity contribution is 6.35. The summed E-state index contributed by atoms with van der Waals surface area (Å²) in [6, 6.07) is 0. The van der Waals surface area contributed by atoms with E-state index in [4.69, 9.17) is 17.3 Å². The summed E-state index contributed by atoms with van der Waals surface area (Å²) in [4.78, 5) is 12.0. The molecular formula is C9H16ClN5. The fourth-order valence-corrected chi connectivity index (χ4v) is 1.34. The van der Waals surface area contributed by atoms with E-state index in [1.54, 1.807) is 0 Å². The molecule has 0 unspecified atom stereocenters. The Morgan fingerprint density at radius 3 is 2.53 bits per heavy atom. The van der Waals surface area contributed by atoms with Crippen molar-refractivity contribution in [1.29, 1.82) is 0 Å². The third-order valence-corrected chi connectivity index (χ3v) is 2.40. The minimum Gasteiger partial charge on any atom is -0.382 e. The molecule has 0 fully saturated rings. The maximum atomic E-state index is 6.00. The van der Waals surface area contributed by atoms with E-state index in [0.29, 0.717) is 16.7 Å². The Hall–Kier alpha value is -1.07. The summed E-state index contributed by atoms with van der Waals surface area (Å²) in [6.07, 6.45) is 1.42. The number of nitrogens with zero attached hydrogens (tertiary/aromatic N) is 4. The van der Waals surface area contributed by atoms with Crippen molar-refractivity contribution in [1.82, 2.24) is 14.9 Å². The number of hydrogen-bond acceptors (Lipinski definition) is 5. The van der Waals surface area contributed by atoms with E-state index in [1.807, 2.05) is 26.0 Å². The summed E-state index contributed by atoms with van der Waals surface area (Å²) in [5.41, 5.74) is 5.59. The molecule has 0 amide bonds. The Morgan fingerprint density at radius 1 is 1.27 bits per heavy atom. The Labute approximate surface area is 94.9 Å². The number of hydrogen-bond donors (Lipinski definition) is 1. The first kappa shape index (κ1) is 12.0. The van der Waals surface area contributed by atoms with Gasteiger partial charge in [0.1, 0.15) is 17.2 Å². The monoisotopic (exact) mass is 229 g/mol. The molecule has 1 aromatic heterocycles. The molecule has 1 aromatic rings. The van der Waals surface area contributed by atoms with Gasteiger partial charge in [0.2, 0.25) is 0 Å². The summed E-state index contributed by atoms with van der Waals surface area (Å²) in [5.74, 6) is 0.990. The van der Waals surface area contributed by atoms with Crippen LogP contribution in [0.25, 0.3) is 0 Å². The van der Waals surface area contributed by atoms with Gasteiger partial charge in [-0.15, -0.1) is 0 Å². The van der Waals surface area contributed by atoms with Gasteiger partial charge in [-0.2, -0.15) is 0 Å². The summed E-state index contributed by atoms with van der Waals surface area (Å²) >= 11 is 6.00. The van der Waals surface area contributed by atoms with Crippen LogP contribution in [-0.2, 0) is 0 Å². The van der Waals surface area contributed by atoms with Crippen LogP contribution in [0.3, 0.4) is 0 Å². The van der Waals surface area contributed by atoms with Crippen molar-refractivity contribution in [3.63, 3.8) is 0 Å². The number of halogens is 1. The number of aromatic nitrogens is 2. The van der Waals surface area contributed by atoms with Crippen molar-refractivity contribution in [3.8, 4) is 0 Å². The molecule has 0 spiro atoms. The van der Waals surface area contributed by atoms with Crippen LogP contribution in [0.15, 0.2) is 6.33 Å². The summed E-state index contributed by atoms with van der Waals surface area (Å²) in [7, 11) is 5.96. The first-order valence-corrected chi connectivity index (χ1v) is 5.02. The number of rotatable bonds is 4. The molecule has 0 bridgehead atoms. The third-order valence-electron chi connectivity index (χ3n) is 2.04. The molecule has 2 N–H and O–H groups in total. The van der Waals surface area contributed by atoms with E-state index in [2.05, 4.69) is 14.9 Å². The zero-order chi connectivity index (χ0) is 11.4. The van der Waals surface area contributed by atoms with Crippen molar-refractivity contribution < 1.29 is 0 Å². The van der Waals surface area contributed by atoms with Gasteiger partial charge < -0.3 is 15.5 Å². The first-order chi connectivity index (χ1) is 7.02. The second-order valence-corrected chi connectivity index (χ2v) is 4.00. The molecule has 0 radical (unpaired) electrons. The van der Waals surface area contributed by atoms with Gasteiger partial charge in [-0.3, -0.25) is 0 Å². The van der Waals surface area contributed by atoms with Crippen molar-refractivity contribution >= 4 is 23.2 Å². The largest absolute Gasteiger partial charge is 0.382 e. The molecule has 6 heteroatoms. The molecule has 0 saturated heterocycles. The van der Waals surface area contributed by atoms with Gasteiger partial charge in [0.25, 0.3) is 0 Å². The minimum absolute atomic E-state index is 0.318. The lowest BCUT2D eigenvalue weighted by Crippen LogP contribution is -2.29. The fraction of sp³-hybridized carbons (Fsp3) is 0.556. The molecule has 0 saturated carbocycles. The van der Waals surface area contributed by atoms with Crippen molar-refractivity contribution in [2.45, 2.75) is 0 Å². The van der Waals surface area contributed by atoms with E-state index in [1.165, 1.54) is 6.33 Å². The topological polar surface area (TPSA) is 58.3 Å². The van der Waals surface area contributed by atoms with Crippen LogP contribution in [0.2, 0.25) is 5.02 Å². The summed E-state index contributed by atoms with van der Waals surface area (Å²) in [6.45, 7) is 1.76. The zero-order valence-electron chi connectivity index (χ0n) is 9.24. The average molecular weight is 230 g/mol. The molecule has 0 atom stereocenters. The van der Waals surface area contributed by atoms with Gasteiger partial charge in [0.05, 0.1) is 0 Å². The molecule has 15 heavy (non-hydrogen) atoms. The highest BCUT2D eigenvalue weighted by atomic mass is 35.5. The van der Waals surface area contributed by atoms with E-state index in [0.717, 1.165) is 13.1 Å². The molecule has 1 heterocycles. The van der Waals surface area contributed by atoms with E-state index in [9.17, 15) is 0 Å². The van der Waals surface area contributed by atoms with E-state index < -0.39 is 0 Å². The van der Waals surface area contributed by atoms with Crippen LogP contribution in [0, 0.1) is 0 Å². The maximum absolute atomic E-state index is 6.00. The lowest BCUT2D eigenvalue weighted by atomic mass is 10.4. The number of likely N-dealkylation sites (N-methyl/N-ethyl adjacent to an activating group) is 2. The van der Waals surface area contributed by atoms with Gasteiger partial charge in [-0.05, 0) is 14.1 Å². The highest BCUT2D eigenvalue weighted by Crippen LogP contribution is 2.25. The standard InChI is InChI=1S/C9H16ClN5/c1-14(2)4-5-15(3)9-7(10)8(11)12-6-13-9/h6H,4-5H2,1-3H3,(H2,11,12,13). The lowest BCUT2D eigenvalue weighted by Gasteiger charge is -2.21. The fourth-order valence-electron chi connectivity index (χ4n) is 1.10. The molecule has 0 aliphatic carbocycles. The second-order valence-electron chi connectivity index (χ2n) is 3.62. The van der Waals surface area contributed by atoms with Crippen molar-refractivity contribution in [3.05, 3.63) is 11.3 Å². The number of nitrogen functional groups attached to an aromatic ring is 1. The predicted octanol–water partition coefficient (Wildman–Crippen LogP) is 0.710. The van der Waals surface area contributed by atoms with Gasteiger partial charge in [0, 0.05) is 20.1 Å². The predicted molar refractivity (Wildman–Crippen MR) is 63.3 cm³/mol. The zero-order valence-corrected chi connectivity index (χ0v) is 9.99. The third kappa shape index (κ3) is 3.21. The van der Waals surface area contributed by atoms with Crippen LogP contribution >= 0.6 is 11.6 Å². The molecule has 0 aliphatic heterocycles. The molecule has 84 valence electrons. The molecule has 0 aromatic carbocycles. The normalized spacial score (nSPS) is 10.7. The Balaban J connectivity index is 2.73. The summed E-state index contributed by atoms with van der Waals surface area (Å²) < 4.78 is 0. The molecular weight excluding hydrogens is 214 g/mol. The lowest BCUT2D eigenvalue weighted by molar-refractivity contribution is 0.416. The van der Waals surface area contributed by atoms with Gasteiger partial charge in [0.15, 0.2) is 5.82 Å².